The van der Waals surface area contributed by atoms with Gasteiger partial charge in [-0.25, -0.2) is 0 Å². The summed E-state index contributed by atoms with van der Waals surface area (Å²) >= 11 is 0. The first-order valence-electron chi connectivity index (χ1n) is 8.85. The summed E-state index contributed by atoms with van der Waals surface area (Å²) in [5.74, 6) is 1.17. The zero-order chi connectivity index (χ0) is 16.1. The van der Waals surface area contributed by atoms with Crippen LogP contribution in [-0.2, 0) is 9.53 Å². The molecule has 0 aromatic heterocycles. The van der Waals surface area contributed by atoms with E-state index in [1.54, 1.807) is 0 Å². The van der Waals surface area contributed by atoms with Crippen molar-refractivity contribution in [2.24, 2.45) is 17.3 Å². The average Bonchev–Trinajstić information content (AvgIpc) is 3.03. The minimum absolute atomic E-state index is 0.0548. The Morgan fingerprint density at radius 3 is 2.68 bits per heavy atom. The Bertz CT molecular complexity index is 542. The van der Waals surface area contributed by atoms with Gasteiger partial charge in [-0.3, -0.25) is 4.79 Å². The van der Waals surface area contributed by atoms with Crippen LogP contribution in [0.15, 0.2) is 23.3 Å². The Morgan fingerprint density at radius 2 is 2.00 bits per heavy atom. The van der Waals surface area contributed by atoms with E-state index >= 15 is 0 Å². The lowest BCUT2D eigenvalue weighted by Crippen LogP contribution is -2.32. The summed E-state index contributed by atoms with van der Waals surface area (Å²) in [4.78, 5) is 12.7. The first kappa shape index (κ1) is 16.0. The molecule has 3 aliphatic rings. The maximum absolute atomic E-state index is 12.7. The molecule has 0 amide bonds. The van der Waals surface area contributed by atoms with Crippen molar-refractivity contribution in [2.75, 3.05) is 0 Å². The second kappa shape index (κ2) is 5.33. The number of allylic oxidation sites excluding steroid dienone is 4. The molecule has 0 aromatic rings. The molecule has 0 unspecified atom stereocenters. The third-order valence-electron chi connectivity index (χ3n) is 6.34. The molecule has 3 rings (SSSR count). The summed E-state index contributed by atoms with van der Waals surface area (Å²) in [5.41, 5.74) is 2.58. The van der Waals surface area contributed by atoms with Crippen LogP contribution < -0.4 is 0 Å². The molecule has 2 heteroatoms. The van der Waals surface area contributed by atoms with Crippen LogP contribution in [0.5, 0.6) is 0 Å². The Balaban J connectivity index is 1.92. The molecule has 1 heterocycles. The second-order valence-electron chi connectivity index (χ2n) is 8.38. The molecule has 1 saturated heterocycles. The van der Waals surface area contributed by atoms with Crippen LogP contribution in [0.3, 0.4) is 0 Å². The van der Waals surface area contributed by atoms with Gasteiger partial charge in [0.2, 0.25) is 0 Å². The topological polar surface area (TPSA) is 29.6 Å². The molecule has 0 aromatic carbocycles. The Kier molecular flexibility index (Phi) is 3.87. The Labute approximate surface area is 135 Å². The molecule has 2 aliphatic carbocycles. The van der Waals surface area contributed by atoms with E-state index in [9.17, 15) is 4.79 Å². The average molecular weight is 302 g/mol. The van der Waals surface area contributed by atoms with Crippen LogP contribution in [0.4, 0.5) is 0 Å². The van der Waals surface area contributed by atoms with Gasteiger partial charge in [0, 0.05) is 5.41 Å². The number of carbonyl (C=O) groups excluding carboxylic acids is 1. The molecule has 0 N–H and O–H groups in total. The van der Waals surface area contributed by atoms with Gasteiger partial charge >= 0.3 is 0 Å². The van der Waals surface area contributed by atoms with Crippen molar-refractivity contribution in [1.82, 2.24) is 0 Å². The van der Waals surface area contributed by atoms with Gasteiger partial charge in [-0.2, -0.15) is 0 Å². The van der Waals surface area contributed by atoms with Crippen molar-refractivity contribution in [1.29, 1.82) is 0 Å². The third kappa shape index (κ3) is 2.60. The third-order valence-corrected chi connectivity index (χ3v) is 6.34. The number of epoxide rings is 1. The first-order chi connectivity index (χ1) is 10.3. The summed E-state index contributed by atoms with van der Waals surface area (Å²) in [6, 6.07) is 0. The highest BCUT2D eigenvalue weighted by atomic mass is 16.6. The van der Waals surface area contributed by atoms with Gasteiger partial charge in [-0.15, -0.1) is 0 Å². The lowest BCUT2D eigenvalue weighted by Gasteiger charge is -2.33. The lowest BCUT2D eigenvalue weighted by atomic mass is 9.69. The minimum atomic E-state index is -0.244. The van der Waals surface area contributed by atoms with Gasteiger partial charge < -0.3 is 4.74 Å². The van der Waals surface area contributed by atoms with Crippen molar-refractivity contribution in [2.45, 2.75) is 78.4 Å². The lowest BCUT2D eigenvalue weighted by molar-refractivity contribution is -0.123. The molecule has 1 aliphatic heterocycles. The standard InChI is InChI=1S/C20H30O2/c1-13(2)15-12-17(21)19(4)10-8-14(3)6-7-18-20(5,22-18)11-9-16(15)19/h8,12-13,16,18H,6-7,9-11H2,1-5H3/b14-8-/t16-,18-,19+,20-/m0/s1. The fourth-order valence-electron chi connectivity index (χ4n) is 4.41. The molecular weight excluding hydrogens is 272 g/mol. The maximum Gasteiger partial charge on any atom is 0.162 e. The zero-order valence-corrected chi connectivity index (χ0v) is 14.7. The van der Waals surface area contributed by atoms with Crippen molar-refractivity contribution < 1.29 is 9.53 Å². The molecule has 2 nitrogen and oxygen atoms in total. The molecule has 122 valence electrons. The number of ether oxygens (including phenoxy) is 1. The SMILES string of the molecule is C/C1=C/C[C@@]2(C)C(=O)C=C(C(C)C)[C@@H]2CC[C@]2(C)O[C@H]2CC1. The summed E-state index contributed by atoms with van der Waals surface area (Å²) in [6.07, 6.45) is 9.95. The largest absolute Gasteiger partial charge is 0.366 e. The number of hydrogen-bond donors (Lipinski definition) is 0. The first-order valence-corrected chi connectivity index (χ1v) is 8.85. The fraction of sp³-hybridized carbons (Fsp3) is 0.750. The minimum Gasteiger partial charge on any atom is -0.366 e. The highest BCUT2D eigenvalue weighted by molar-refractivity contribution is 5.98. The van der Waals surface area contributed by atoms with Crippen molar-refractivity contribution >= 4 is 5.78 Å². The molecule has 1 fully saturated rings. The van der Waals surface area contributed by atoms with Crippen molar-refractivity contribution in [3.8, 4) is 0 Å². The van der Waals surface area contributed by atoms with Gasteiger partial charge in [0.1, 0.15) is 0 Å². The monoisotopic (exact) mass is 302 g/mol. The van der Waals surface area contributed by atoms with Crippen molar-refractivity contribution in [3.63, 3.8) is 0 Å². The Hall–Kier alpha value is -0.890. The fourth-order valence-corrected chi connectivity index (χ4v) is 4.41. The van der Waals surface area contributed by atoms with E-state index in [1.165, 1.54) is 11.1 Å². The molecule has 0 radical (unpaired) electrons. The van der Waals surface area contributed by atoms with Gasteiger partial charge in [0.15, 0.2) is 5.78 Å². The summed E-state index contributed by atoms with van der Waals surface area (Å²) in [6.45, 7) is 11.1. The molecule has 0 spiro atoms. The molecule has 22 heavy (non-hydrogen) atoms. The summed E-state index contributed by atoms with van der Waals surface area (Å²) < 4.78 is 6.00. The van der Waals surface area contributed by atoms with E-state index in [1.807, 2.05) is 6.08 Å². The van der Waals surface area contributed by atoms with Gasteiger partial charge in [-0.1, -0.05) is 38.0 Å². The van der Waals surface area contributed by atoms with E-state index in [0.29, 0.717) is 23.7 Å². The summed E-state index contributed by atoms with van der Waals surface area (Å²) in [5, 5.41) is 0. The highest BCUT2D eigenvalue weighted by Gasteiger charge is 2.53. The highest BCUT2D eigenvalue weighted by Crippen LogP contribution is 2.52. The molecule has 0 saturated carbocycles. The number of hydrogen-bond acceptors (Lipinski definition) is 2. The predicted octanol–water partition coefficient (Wildman–Crippen LogP) is 4.84. The van der Waals surface area contributed by atoms with E-state index in [0.717, 1.165) is 32.1 Å². The van der Waals surface area contributed by atoms with E-state index in [2.05, 4.69) is 40.7 Å². The quantitative estimate of drug-likeness (QED) is 0.512. The van der Waals surface area contributed by atoms with E-state index in [-0.39, 0.29) is 11.0 Å². The molecule has 4 atom stereocenters. The summed E-state index contributed by atoms with van der Waals surface area (Å²) in [7, 11) is 0. The van der Waals surface area contributed by atoms with Crippen LogP contribution in [0.25, 0.3) is 0 Å². The van der Waals surface area contributed by atoms with E-state index in [4.69, 9.17) is 4.74 Å². The van der Waals surface area contributed by atoms with Gasteiger partial charge in [0.25, 0.3) is 0 Å². The normalized spacial score (nSPS) is 44.5. The predicted molar refractivity (Wildman–Crippen MR) is 89.6 cm³/mol. The van der Waals surface area contributed by atoms with Crippen molar-refractivity contribution in [3.05, 3.63) is 23.3 Å². The van der Waals surface area contributed by atoms with Crippen LogP contribution in [0.2, 0.25) is 0 Å². The van der Waals surface area contributed by atoms with Gasteiger partial charge in [0.05, 0.1) is 11.7 Å². The maximum atomic E-state index is 12.7. The van der Waals surface area contributed by atoms with Gasteiger partial charge in [-0.05, 0) is 63.9 Å². The Morgan fingerprint density at radius 1 is 1.27 bits per heavy atom. The number of carbonyl (C=O) groups is 1. The van der Waals surface area contributed by atoms with E-state index < -0.39 is 0 Å². The second-order valence-corrected chi connectivity index (χ2v) is 8.38. The number of fused-ring (bicyclic) bond motifs is 2. The zero-order valence-electron chi connectivity index (χ0n) is 14.7. The molecular formula is C20H30O2. The number of ketones is 1. The van der Waals surface area contributed by atoms with Crippen LogP contribution in [0.1, 0.15) is 66.7 Å². The smallest absolute Gasteiger partial charge is 0.162 e. The molecule has 0 bridgehead atoms. The number of rotatable bonds is 1. The van der Waals surface area contributed by atoms with Crippen LogP contribution in [0, 0.1) is 17.3 Å². The van der Waals surface area contributed by atoms with Crippen LogP contribution >= 0.6 is 0 Å². The van der Waals surface area contributed by atoms with Crippen LogP contribution in [-0.4, -0.2) is 17.5 Å².